The van der Waals surface area contributed by atoms with Gasteiger partial charge in [0.25, 0.3) is 5.91 Å². The molecule has 2 unspecified atom stereocenters. The number of nitrogen functional groups attached to an aromatic ring is 1. The second-order valence-corrected chi connectivity index (χ2v) is 5.69. The fourth-order valence-corrected chi connectivity index (χ4v) is 1.94. The molecule has 24 heavy (non-hydrogen) atoms. The quantitative estimate of drug-likeness (QED) is 0.493. The number of rotatable bonds is 8. The number of nitrogens with one attached hydrogen (secondary N) is 1. The third-order valence-electron chi connectivity index (χ3n) is 3.66. The van der Waals surface area contributed by atoms with E-state index in [1.807, 2.05) is 6.92 Å². The van der Waals surface area contributed by atoms with E-state index < -0.39 is 23.9 Å². The van der Waals surface area contributed by atoms with Crippen molar-refractivity contribution >= 4 is 23.5 Å². The van der Waals surface area contributed by atoms with Crippen molar-refractivity contribution in [2.75, 3.05) is 5.73 Å². The minimum absolute atomic E-state index is 0.0374. The Kier molecular flexibility index (Phi) is 7.23. The number of ether oxygens (including phenoxy) is 1. The number of esters is 1. The van der Waals surface area contributed by atoms with Crippen LogP contribution in [0.3, 0.4) is 0 Å². The molecule has 132 valence electrons. The first kappa shape index (κ1) is 19.5. The first-order valence-corrected chi connectivity index (χ1v) is 7.83. The van der Waals surface area contributed by atoms with E-state index in [2.05, 4.69) is 5.32 Å². The van der Waals surface area contributed by atoms with Crippen LogP contribution >= 0.6 is 0 Å². The van der Waals surface area contributed by atoms with Gasteiger partial charge in [-0.15, -0.1) is 0 Å². The minimum atomic E-state index is -1.05. The number of carboxylic acid groups (broad SMARTS) is 1. The molecule has 0 aromatic heterocycles. The van der Waals surface area contributed by atoms with Crippen molar-refractivity contribution in [3.05, 3.63) is 29.3 Å². The summed E-state index contributed by atoms with van der Waals surface area (Å²) in [6, 6.07) is 3.75. The normalized spacial score (nSPS) is 13.0. The highest BCUT2D eigenvalue weighted by Crippen LogP contribution is 2.13. The maximum absolute atomic E-state index is 12.3. The largest absolute Gasteiger partial charge is 0.481 e. The van der Waals surface area contributed by atoms with Gasteiger partial charge in [0.2, 0.25) is 0 Å². The minimum Gasteiger partial charge on any atom is -0.481 e. The van der Waals surface area contributed by atoms with Crippen molar-refractivity contribution in [3.8, 4) is 0 Å². The van der Waals surface area contributed by atoms with Crippen LogP contribution in [0.25, 0.3) is 0 Å². The van der Waals surface area contributed by atoms with E-state index >= 15 is 0 Å². The maximum Gasteiger partial charge on any atom is 0.328 e. The molecular formula is C17H24N2O5. The van der Waals surface area contributed by atoms with Crippen molar-refractivity contribution in [3.63, 3.8) is 0 Å². The fourth-order valence-electron chi connectivity index (χ4n) is 1.94. The SMILES string of the molecule is CCC(C)OC(=O)C(CCC(=O)O)NC(=O)c1ccc(N)c(C)c1. The van der Waals surface area contributed by atoms with Gasteiger partial charge in [0.05, 0.1) is 6.10 Å². The Morgan fingerprint density at radius 1 is 1.33 bits per heavy atom. The van der Waals surface area contributed by atoms with E-state index in [1.54, 1.807) is 32.0 Å². The Hall–Kier alpha value is -2.57. The lowest BCUT2D eigenvalue weighted by atomic mass is 10.1. The van der Waals surface area contributed by atoms with Crippen LogP contribution in [0.5, 0.6) is 0 Å². The third-order valence-corrected chi connectivity index (χ3v) is 3.66. The summed E-state index contributed by atoms with van der Waals surface area (Å²) < 4.78 is 5.21. The predicted molar refractivity (Wildman–Crippen MR) is 89.6 cm³/mol. The standard InChI is InChI=1S/C17H24N2O5/c1-4-11(3)24-17(23)14(7-8-15(20)21)19-16(22)12-5-6-13(18)10(2)9-12/h5-6,9,11,14H,4,7-8,18H2,1-3H3,(H,19,22)(H,20,21). The molecule has 0 radical (unpaired) electrons. The Morgan fingerprint density at radius 3 is 2.54 bits per heavy atom. The lowest BCUT2D eigenvalue weighted by molar-refractivity contribution is -0.151. The molecule has 7 nitrogen and oxygen atoms in total. The highest BCUT2D eigenvalue weighted by Gasteiger charge is 2.25. The van der Waals surface area contributed by atoms with Gasteiger partial charge in [-0.05, 0) is 50.5 Å². The second kappa shape index (κ2) is 8.90. The monoisotopic (exact) mass is 336 g/mol. The summed E-state index contributed by atoms with van der Waals surface area (Å²) in [6.45, 7) is 5.36. The van der Waals surface area contributed by atoms with E-state index in [0.29, 0.717) is 17.7 Å². The van der Waals surface area contributed by atoms with Crippen LogP contribution in [-0.2, 0) is 14.3 Å². The topological polar surface area (TPSA) is 119 Å². The molecule has 2 atom stereocenters. The number of carbonyl (C=O) groups is 3. The van der Waals surface area contributed by atoms with Crippen molar-refractivity contribution in [1.82, 2.24) is 5.32 Å². The molecule has 7 heteroatoms. The molecule has 0 spiro atoms. The van der Waals surface area contributed by atoms with Crippen molar-refractivity contribution in [2.45, 2.75) is 52.2 Å². The zero-order chi connectivity index (χ0) is 18.3. The van der Waals surface area contributed by atoms with Crippen LogP contribution in [-0.4, -0.2) is 35.1 Å². The zero-order valence-corrected chi connectivity index (χ0v) is 14.2. The van der Waals surface area contributed by atoms with Gasteiger partial charge in [0, 0.05) is 17.7 Å². The summed E-state index contributed by atoms with van der Waals surface area (Å²) >= 11 is 0. The summed E-state index contributed by atoms with van der Waals surface area (Å²) in [7, 11) is 0. The number of amides is 1. The lowest BCUT2D eigenvalue weighted by Crippen LogP contribution is -2.43. The van der Waals surface area contributed by atoms with Crippen LogP contribution in [0.1, 0.15) is 49.0 Å². The average molecular weight is 336 g/mol. The summed E-state index contributed by atoms with van der Waals surface area (Å²) in [5.41, 5.74) is 7.37. The van der Waals surface area contributed by atoms with Crippen LogP contribution < -0.4 is 11.1 Å². The van der Waals surface area contributed by atoms with E-state index in [9.17, 15) is 14.4 Å². The van der Waals surface area contributed by atoms with Crippen LogP contribution in [0.4, 0.5) is 5.69 Å². The van der Waals surface area contributed by atoms with Crippen LogP contribution in [0, 0.1) is 6.92 Å². The predicted octanol–water partition coefficient (Wildman–Crippen LogP) is 1.88. The van der Waals surface area contributed by atoms with E-state index in [1.165, 1.54) is 0 Å². The van der Waals surface area contributed by atoms with Gasteiger partial charge < -0.3 is 20.9 Å². The summed E-state index contributed by atoms with van der Waals surface area (Å²) in [5.74, 6) is -2.16. The van der Waals surface area contributed by atoms with Gasteiger partial charge >= 0.3 is 11.9 Å². The lowest BCUT2D eigenvalue weighted by Gasteiger charge is -2.19. The first-order valence-electron chi connectivity index (χ1n) is 7.83. The molecule has 0 fully saturated rings. The molecule has 1 aromatic carbocycles. The molecule has 0 saturated carbocycles. The number of carboxylic acids is 1. The van der Waals surface area contributed by atoms with Gasteiger partial charge in [0.1, 0.15) is 6.04 Å². The maximum atomic E-state index is 12.3. The summed E-state index contributed by atoms with van der Waals surface area (Å²) in [6.07, 6.45) is 0.0363. The number of benzene rings is 1. The second-order valence-electron chi connectivity index (χ2n) is 5.69. The van der Waals surface area contributed by atoms with Gasteiger partial charge in [-0.3, -0.25) is 9.59 Å². The Balaban J connectivity index is 2.85. The Bertz CT molecular complexity index is 615. The smallest absolute Gasteiger partial charge is 0.328 e. The molecular weight excluding hydrogens is 312 g/mol. The van der Waals surface area contributed by atoms with Gasteiger partial charge in [0.15, 0.2) is 0 Å². The highest BCUT2D eigenvalue weighted by molar-refractivity contribution is 5.97. The number of anilines is 1. The highest BCUT2D eigenvalue weighted by atomic mass is 16.5. The molecule has 0 aliphatic carbocycles. The fraction of sp³-hybridized carbons (Fsp3) is 0.471. The molecule has 4 N–H and O–H groups in total. The van der Waals surface area contributed by atoms with Gasteiger partial charge in [-0.1, -0.05) is 6.92 Å². The molecule has 1 aromatic rings. The van der Waals surface area contributed by atoms with E-state index in [0.717, 1.165) is 5.56 Å². The van der Waals surface area contributed by atoms with Crippen LogP contribution in [0.2, 0.25) is 0 Å². The summed E-state index contributed by atoms with van der Waals surface area (Å²) in [5, 5.41) is 11.4. The molecule has 0 saturated heterocycles. The average Bonchev–Trinajstić information content (AvgIpc) is 2.53. The molecule has 0 aliphatic heterocycles. The van der Waals surface area contributed by atoms with Gasteiger partial charge in [-0.2, -0.15) is 0 Å². The third kappa shape index (κ3) is 5.91. The number of carbonyl (C=O) groups excluding carboxylic acids is 2. The number of aliphatic carboxylic acids is 1. The van der Waals surface area contributed by atoms with Crippen molar-refractivity contribution in [1.29, 1.82) is 0 Å². The van der Waals surface area contributed by atoms with E-state index in [4.69, 9.17) is 15.6 Å². The molecule has 1 amide bonds. The van der Waals surface area contributed by atoms with E-state index in [-0.39, 0.29) is 18.9 Å². The Labute approximate surface area is 141 Å². The van der Waals surface area contributed by atoms with Crippen molar-refractivity contribution < 1.29 is 24.2 Å². The molecule has 0 heterocycles. The number of nitrogens with two attached hydrogens (primary N) is 1. The molecule has 0 bridgehead atoms. The number of hydrogen-bond donors (Lipinski definition) is 3. The first-order chi connectivity index (χ1) is 11.2. The zero-order valence-electron chi connectivity index (χ0n) is 14.2. The van der Waals surface area contributed by atoms with Gasteiger partial charge in [-0.25, -0.2) is 4.79 Å². The number of aryl methyl sites for hydroxylation is 1. The van der Waals surface area contributed by atoms with Crippen LogP contribution in [0.15, 0.2) is 18.2 Å². The number of hydrogen-bond acceptors (Lipinski definition) is 5. The summed E-state index contributed by atoms with van der Waals surface area (Å²) in [4.78, 5) is 35.2. The Morgan fingerprint density at radius 2 is 2.00 bits per heavy atom. The van der Waals surface area contributed by atoms with Crippen molar-refractivity contribution in [2.24, 2.45) is 0 Å². The molecule has 0 aliphatic rings. The molecule has 1 rings (SSSR count).